The first-order valence-corrected chi connectivity index (χ1v) is 10.8. The van der Waals surface area contributed by atoms with Gasteiger partial charge >= 0.3 is 0 Å². The van der Waals surface area contributed by atoms with Gasteiger partial charge in [0, 0.05) is 38.9 Å². The van der Waals surface area contributed by atoms with E-state index in [2.05, 4.69) is 20.6 Å². The molecular formula is C21H39N5O3. The number of carbonyl (C=O) groups is 1. The van der Waals surface area contributed by atoms with Crippen LogP contribution in [0, 0.1) is 5.92 Å². The van der Waals surface area contributed by atoms with Crippen LogP contribution >= 0.6 is 0 Å². The molecule has 2 saturated carbocycles. The van der Waals surface area contributed by atoms with Crippen LogP contribution in [0.1, 0.15) is 75.6 Å². The van der Waals surface area contributed by atoms with E-state index in [-0.39, 0.29) is 24.1 Å². The number of nitrogens with one attached hydrogen (secondary N) is 2. The number of rotatable bonds is 6. The molecule has 8 heteroatoms. The van der Waals surface area contributed by atoms with E-state index in [9.17, 15) is 9.90 Å². The van der Waals surface area contributed by atoms with Crippen molar-refractivity contribution in [2.75, 3.05) is 31.4 Å². The summed E-state index contributed by atoms with van der Waals surface area (Å²) in [6, 6.07) is 0.114. The molecule has 0 aliphatic heterocycles. The Morgan fingerprint density at radius 3 is 2.41 bits per heavy atom. The SMILES string of the molecule is CC.CNc1ncc(C(N)=O)c(NC2CCCC2CO)n1.COC1CCCCC1. The van der Waals surface area contributed by atoms with E-state index in [4.69, 9.17) is 10.5 Å². The number of amides is 1. The topological polar surface area (TPSA) is 122 Å². The Bertz CT molecular complexity index is 594. The minimum Gasteiger partial charge on any atom is -0.396 e. The van der Waals surface area contributed by atoms with Gasteiger partial charge in [0.25, 0.3) is 5.91 Å². The maximum absolute atomic E-state index is 11.4. The average molecular weight is 410 g/mol. The summed E-state index contributed by atoms with van der Waals surface area (Å²) in [4.78, 5) is 19.6. The van der Waals surface area contributed by atoms with Crippen LogP contribution in [0.15, 0.2) is 6.20 Å². The van der Waals surface area contributed by atoms with Crippen molar-refractivity contribution in [1.29, 1.82) is 0 Å². The van der Waals surface area contributed by atoms with Gasteiger partial charge in [-0.05, 0) is 25.7 Å². The quantitative estimate of drug-likeness (QED) is 0.569. The second kappa shape index (κ2) is 14.1. The molecule has 29 heavy (non-hydrogen) atoms. The number of nitrogens with zero attached hydrogens (tertiary/aromatic N) is 2. The highest BCUT2D eigenvalue weighted by Crippen LogP contribution is 2.28. The molecule has 5 N–H and O–H groups in total. The molecule has 2 aliphatic carbocycles. The molecule has 0 radical (unpaired) electrons. The lowest BCUT2D eigenvalue weighted by Crippen LogP contribution is -2.28. The van der Waals surface area contributed by atoms with Gasteiger partial charge in [0.1, 0.15) is 5.82 Å². The molecule has 0 bridgehead atoms. The van der Waals surface area contributed by atoms with E-state index in [0.717, 1.165) is 19.3 Å². The van der Waals surface area contributed by atoms with E-state index in [1.807, 2.05) is 21.0 Å². The maximum Gasteiger partial charge on any atom is 0.254 e. The molecule has 1 aromatic rings. The number of nitrogens with two attached hydrogens (primary N) is 1. The largest absolute Gasteiger partial charge is 0.396 e. The second-order valence-corrected chi connectivity index (χ2v) is 7.19. The van der Waals surface area contributed by atoms with Crippen molar-refractivity contribution >= 4 is 17.7 Å². The molecule has 0 saturated heterocycles. The summed E-state index contributed by atoms with van der Waals surface area (Å²) in [5.74, 6) is 0.473. The predicted octanol–water partition coefficient (Wildman–Crippen LogP) is 3.18. The fourth-order valence-corrected chi connectivity index (χ4v) is 3.71. The molecule has 0 spiro atoms. The Kier molecular flexibility index (Phi) is 12.2. The lowest BCUT2D eigenvalue weighted by Gasteiger charge is -2.20. The fraction of sp³-hybridized carbons (Fsp3) is 0.762. The van der Waals surface area contributed by atoms with Crippen molar-refractivity contribution in [1.82, 2.24) is 9.97 Å². The molecule has 2 atom stereocenters. The van der Waals surface area contributed by atoms with E-state index >= 15 is 0 Å². The summed E-state index contributed by atoms with van der Waals surface area (Å²) in [6.45, 7) is 4.13. The van der Waals surface area contributed by atoms with Gasteiger partial charge in [-0.2, -0.15) is 4.98 Å². The molecule has 166 valence electrons. The Labute approximate surface area is 175 Å². The Hall–Kier alpha value is -1.93. The van der Waals surface area contributed by atoms with Crippen LogP contribution in [0.5, 0.6) is 0 Å². The first-order valence-electron chi connectivity index (χ1n) is 10.8. The normalized spacial score (nSPS) is 21.3. The van der Waals surface area contributed by atoms with Gasteiger partial charge < -0.3 is 26.2 Å². The second-order valence-electron chi connectivity index (χ2n) is 7.19. The third-order valence-corrected chi connectivity index (χ3v) is 5.38. The summed E-state index contributed by atoms with van der Waals surface area (Å²) in [5, 5.41) is 15.4. The first-order chi connectivity index (χ1) is 14.1. The predicted molar refractivity (Wildman–Crippen MR) is 117 cm³/mol. The van der Waals surface area contributed by atoms with Crippen molar-refractivity contribution in [3.63, 3.8) is 0 Å². The molecule has 1 aromatic heterocycles. The lowest BCUT2D eigenvalue weighted by atomic mass is 9.98. The van der Waals surface area contributed by atoms with Gasteiger partial charge in [0.05, 0.1) is 11.7 Å². The number of hydrogen-bond acceptors (Lipinski definition) is 7. The fourth-order valence-electron chi connectivity index (χ4n) is 3.71. The van der Waals surface area contributed by atoms with E-state index in [0.29, 0.717) is 17.9 Å². The molecular weight excluding hydrogens is 370 g/mol. The van der Waals surface area contributed by atoms with Crippen LogP contribution in [0.25, 0.3) is 0 Å². The summed E-state index contributed by atoms with van der Waals surface area (Å²) in [7, 11) is 3.52. The average Bonchev–Trinajstić information content (AvgIpc) is 3.23. The Morgan fingerprint density at radius 2 is 1.90 bits per heavy atom. The highest BCUT2D eigenvalue weighted by Gasteiger charge is 2.28. The van der Waals surface area contributed by atoms with Gasteiger partial charge in [0.2, 0.25) is 5.95 Å². The lowest BCUT2D eigenvalue weighted by molar-refractivity contribution is 0.0710. The summed E-state index contributed by atoms with van der Waals surface area (Å²) >= 11 is 0. The van der Waals surface area contributed by atoms with Crippen molar-refractivity contribution < 1.29 is 14.6 Å². The number of ether oxygens (including phenoxy) is 1. The third kappa shape index (κ3) is 8.14. The zero-order valence-electron chi connectivity index (χ0n) is 18.4. The molecule has 2 fully saturated rings. The van der Waals surface area contributed by atoms with Gasteiger partial charge in [-0.25, -0.2) is 4.98 Å². The summed E-state index contributed by atoms with van der Waals surface area (Å²) < 4.78 is 5.19. The molecule has 2 unspecified atom stereocenters. The van der Waals surface area contributed by atoms with Crippen LogP contribution in [0.4, 0.5) is 11.8 Å². The first kappa shape index (κ1) is 25.1. The molecule has 3 rings (SSSR count). The molecule has 2 aliphatic rings. The molecule has 8 nitrogen and oxygen atoms in total. The summed E-state index contributed by atoms with van der Waals surface area (Å²) in [5.41, 5.74) is 5.59. The number of aliphatic hydroxyl groups excluding tert-OH is 1. The van der Waals surface area contributed by atoms with Crippen LogP contribution in [-0.2, 0) is 4.74 Å². The van der Waals surface area contributed by atoms with Crippen molar-refractivity contribution in [2.45, 2.75) is 77.4 Å². The van der Waals surface area contributed by atoms with Crippen molar-refractivity contribution in [2.24, 2.45) is 11.7 Å². The van der Waals surface area contributed by atoms with Crippen LogP contribution in [0.2, 0.25) is 0 Å². The van der Waals surface area contributed by atoms with Gasteiger partial charge in [-0.15, -0.1) is 0 Å². The van der Waals surface area contributed by atoms with Crippen LogP contribution in [0.3, 0.4) is 0 Å². The minimum absolute atomic E-state index is 0.114. The summed E-state index contributed by atoms with van der Waals surface area (Å²) in [6.07, 6.45) is 11.7. The molecule has 0 aromatic carbocycles. The van der Waals surface area contributed by atoms with E-state index in [1.54, 1.807) is 7.05 Å². The number of carbonyl (C=O) groups excluding carboxylic acids is 1. The van der Waals surface area contributed by atoms with Crippen LogP contribution < -0.4 is 16.4 Å². The highest BCUT2D eigenvalue weighted by molar-refractivity contribution is 5.97. The van der Waals surface area contributed by atoms with Gasteiger partial charge in [-0.1, -0.05) is 39.5 Å². The number of methoxy groups -OCH3 is 1. The number of aliphatic hydroxyl groups is 1. The highest BCUT2D eigenvalue weighted by atomic mass is 16.5. The van der Waals surface area contributed by atoms with E-state index in [1.165, 1.54) is 38.3 Å². The standard InChI is InChI=1S/C12H19N5O2.C7H14O.C2H6/c1-14-12-15-5-8(10(13)19)11(17-12)16-9-4-2-3-7(9)6-18;1-8-7-5-3-2-4-6-7;1-2/h5,7,9,18H,2-4,6H2,1H3,(H2,13,19)(H2,14,15,16,17);7H,2-6H2,1H3;1-2H3. The zero-order valence-corrected chi connectivity index (χ0v) is 18.4. The number of anilines is 2. The zero-order chi connectivity index (χ0) is 21.6. The van der Waals surface area contributed by atoms with Crippen molar-refractivity contribution in [3.8, 4) is 0 Å². The number of aromatic nitrogens is 2. The number of hydrogen-bond donors (Lipinski definition) is 4. The molecule has 1 amide bonds. The third-order valence-electron chi connectivity index (χ3n) is 5.38. The minimum atomic E-state index is -0.566. The monoisotopic (exact) mass is 409 g/mol. The van der Waals surface area contributed by atoms with Crippen molar-refractivity contribution in [3.05, 3.63) is 11.8 Å². The Balaban J connectivity index is 0.000000351. The number of primary amides is 1. The Morgan fingerprint density at radius 1 is 1.21 bits per heavy atom. The van der Waals surface area contributed by atoms with Gasteiger partial charge in [-0.3, -0.25) is 4.79 Å². The maximum atomic E-state index is 11.4. The van der Waals surface area contributed by atoms with Gasteiger partial charge in [0.15, 0.2) is 0 Å². The molecule has 1 heterocycles. The smallest absolute Gasteiger partial charge is 0.254 e. The van der Waals surface area contributed by atoms with E-state index < -0.39 is 5.91 Å². The van der Waals surface area contributed by atoms with Crippen LogP contribution in [-0.4, -0.2) is 53.9 Å².